The van der Waals surface area contributed by atoms with Gasteiger partial charge in [-0.2, -0.15) is 0 Å². The zero-order valence-corrected chi connectivity index (χ0v) is 14.6. The standard InChI is InChI=1S/C17H18N4O3S/c1-25-14-2-3-16(21(23)24)15(12-14)17(22)20-10-8-19(9-11-20)13-4-6-18-7-5-13/h2-7,12H,8-11H2,1H3. The van der Waals surface area contributed by atoms with Crippen LogP contribution in [0.15, 0.2) is 47.6 Å². The first-order valence-electron chi connectivity index (χ1n) is 7.87. The van der Waals surface area contributed by atoms with E-state index >= 15 is 0 Å². The summed E-state index contributed by atoms with van der Waals surface area (Å²) >= 11 is 1.46. The third-order valence-corrected chi connectivity index (χ3v) is 4.95. The number of rotatable bonds is 4. The lowest BCUT2D eigenvalue weighted by Crippen LogP contribution is -2.48. The second-order valence-corrected chi connectivity index (χ2v) is 6.50. The number of anilines is 1. The van der Waals surface area contributed by atoms with Crippen LogP contribution in [0.3, 0.4) is 0 Å². The van der Waals surface area contributed by atoms with Crippen molar-refractivity contribution in [3.05, 3.63) is 58.4 Å². The van der Waals surface area contributed by atoms with Crippen LogP contribution >= 0.6 is 11.8 Å². The Kier molecular flexibility index (Phi) is 5.18. The summed E-state index contributed by atoms with van der Waals surface area (Å²) in [5, 5.41) is 11.3. The molecule has 3 rings (SSSR count). The van der Waals surface area contributed by atoms with Gasteiger partial charge in [0, 0.05) is 55.2 Å². The summed E-state index contributed by atoms with van der Waals surface area (Å²) in [6, 6.07) is 8.56. The Labute approximate surface area is 149 Å². The Bertz CT molecular complexity index is 777. The number of piperazine rings is 1. The molecule has 7 nitrogen and oxygen atoms in total. The van der Waals surface area contributed by atoms with E-state index in [9.17, 15) is 14.9 Å². The quantitative estimate of drug-likeness (QED) is 0.475. The number of carbonyl (C=O) groups is 1. The number of hydrogen-bond acceptors (Lipinski definition) is 6. The number of carbonyl (C=O) groups excluding carboxylic acids is 1. The lowest BCUT2D eigenvalue weighted by Gasteiger charge is -2.36. The molecule has 0 radical (unpaired) electrons. The Morgan fingerprint density at radius 2 is 1.84 bits per heavy atom. The van der Waals surface area contributed by atoms with E-state index < -0.39 is 4.92 Å². The summed E-state index contributed by atoms with van der Waals surface area (Å²) in [4.78, 5) is 32.3. The van der Waals surface area contributed by atoms with Crippen LogP contribution in [0.5, 0.6) is 0 Å². The molecule has 8 heteroatoms. The molecule has 1 saturated heterocycles. The molecule has 0 unspecified atom stereocenters. The molecule has 2 aromatic rings. The van der Waals surface area contributed by atoms with Gasteiger partial charge in [-0.15, -0.1) is 11.8 Å². The van der Waals surface area contributed by atoms with Crippen molar-refractivity contribution in [1.82, 2.24) is 9.88 Å². The van der Waals surface area contributed by atoms with Crippen LogP contribution in [0, 0.1) is 10.1 Å². The van der Waals surface area contributed by atoms with Crippen molar-refractivity contribution < 1.29 is 9.72 Å². The van der Waals surface area contributed by atoms with Gasteiger partial charge in [0.05, 0.1) is 4.92 Å². The van der Waals surface area contributed by atoms with Gasteiger partial charge in [-0.05, 0) is 30.5 Å². The molecule has 1 aromatic heterocycles. The van der Waals surface area contributed by atoms with E-state index in [1.54, 1.807) is 29.4 Å². The molecule has 0 bridgehead atoms. The van der Waals surface area contributed by atoms with Gasteiger partial charge >= 0.3 is 0 Å². The maximum Gasteiger partial charge on any atom is 0.282 e. The summed E-state index contributed by atoms with van der Waals surface area (Å²) in [5.41, 5.74) is 1.09. The molecule has 1 aromatic carbocycles. The highest BCUT2D eigenvalue weighted by Crippen LogP contribution is 2.26. The predicted molar refractivity (Wildman–Crippen MR) is 97.2 cm³/mol. The van der Waals surface area contributed by atoms with Crippen molar-refractivity contribution in [2.45, 2.75) is 4.90 Å². The van der Waals surface area contributed by atoms with Crippen molar-refractivity contribution in [2.75, 3.05) is 37.3 Å². The molecule has 1 fully saturated rings. The average molecular weight is 358 g/mol. The van der Waals surface area contributed by atoms with Gasteiger partial charge in [0.25, 0.3) is 11.6 Å². The normalized spacial score (nSPS) is 14.4. The van der Waals surface area contributed by atoms with Gasteiger partial charge < -0.3 is 9.80 Å². The Balaban J connectivity index is 1.75. The van der Waals surface area contributed by atoms with Crippen molar-refractivity contribution >= 4 is 29.0 Å². The van der Waals surface area contributed by atoms with Crippen LogP contribution < -0.4 is 4.90 Å². The molecular formula is C17H18N4O3S. The predicted octanol–water partition coefficient (Wildman–Crippen LogP) is 2.67. The fourth-order valence-electron chi connectivity index (χ4n) is 2.87. The maximum atomic E-state index is 12.8. The van der Waals surface area contributed by atoms with E-state index in [1.807, 2.05) is 18.4 Å². The summed E-state index contributed by atoms with van der Waals surface area (Å²) in [6.07, 6.45) is 5.36. The summed E-state index contributed by atoms with van der Waals surface area (Å²) < 4.78 is 0. The fourth-order valence-corrected chi connectivity index (χ4v) is 3.31. The van der Waals surface area contributed by atoms with Gasteiger partial charge in [-0.25, -0.2) is 0 Å². The van der Waals surface area contributed by atoms with E-state index in [0.29, 0.717) is 26.2 Å². The van der Waals surface area contributed by atoms with E-state index in [0.717, 1.165) is 10.6 Å². The monoisotopic (exact) mass is 358 g/mol. The lowest BCUT2D eigenvalue weighted by molar-refractivity contribution is -0.385. The summed E-state index contributed by atoms with van der Waals surface area (Å²) in [5.74, 6) is -0.281. The van der Waals surface area contributed by atoms with Crippen molar-refractivity contribution in [2.24, 2.45) is 0 Å². The number of nitro groups is 1. The molecule has 0 atom stereocenters. The molecule has 1 aliphatic heterocycles. The Hall–Kier alpha value is -2.61. The van der Waals surface area contributed by atoms with E-state index in [4.69, 9.17) is 0 Å². The molecule has 2 heterocycles. The van der Waals surface area contributed by atoms with Crippen LogP contribution in [0.1, 0.15) is 10.4 Å². The number of thioether (sulfide) groups is 1. The van der Waals surface area contributed by atoms with Crippen LogP contribution in [-0.2, 0) is 0 Å². The second kappa shape index (κ2) is 7.52. The zero-order chi connectivity index (χ0) is 17.8. The first kappa shape index (κ1) is 17.2. The Morgan fingerprint density at radius 1 is 1.16 bits per heavy atom. The molecule has 0 N–H and O–H groups in total. The number of aromatic nitrogens is 1. The first-order chi connectivity index (χ1) is 12.1. The molecule has 0 saturated carbocycles. The van der Waals surface area contributed by atoms with Crippen molar-refractivity contribution in [3.63, 3.8) is 0 Å². The van der Waals surface area contributed by atoms with Gasteiger partial charge in [0.15, 0.2) is 0 Å². The fraction of sp³-hybridized carbons (Fsp3) is 0.294. The SMILES string of the molecule is CSc1ccc([N+](=O)[O-])c(C(=O)N2CCN(c3ccncc3)CC2)c1. The zero-order valence-electron chi connectivity index (χ0n) is 13.8. The highest BCUT2D eigenvalue weighted by Gasteiger charge is 2.28. The molecular weight excluding hydrogens is 340 g/mol. The number of pyridine rings is 1. The molecule has 0 aliphatic carbocycles. The van der Waals surface area contributed by atoms with Crippen molar-refractivity contribution in [3.8, 4) is 0 Å². The Morgan fingerprint density at radius 3 is 2.44 bits per heavy atom. The van der Waals surface area contributed by atoms with Gasteiger partial charge in [-0.1, -0.05) is 0 Å². The molecule has 25 heavy (non-hydrogen) atoms. The maximum absolute atomic E-state index is 12.8. The molecule has 1 amide bonds. The first-order valence-corrected chi connectivity index (χ1v) is 9.09. The number of nitrogens with zero attached hydrogens (tertiary/aromatic N) is 4. The number of nitro benzene ring substituents is 1. The van der Waals surface area contributed by atoms with Gasteiger partial charge in [-0.3, -0.25) is 19.9 Å². The number of benzene rings is 1. The molecule has 1 aliphatic rings. The van der Waals surface area contributed by atoms with Crippen LogP contribution in [0.2, 0.25) is 0 Å². The summed E-state index contributed by atoms with van der Waals surface area (Å²) in [6.45, 7) is 2.43. The number of hydrogen-bond donors (Lipinski definition) is 0. The highest BCUT2D eigenvalue weighted by molar-refractivity contribution is 7.98. The van der Waals surface area contributed by atoms with Crippen LogP contribution in [0.4, 0.5) is 11.4 Å². The minimum absolute atomic E-state index is 0.139. The van der Waals surface area contributed by atoms with E-state index in [2.05, 4.69) is 9.88 Å². The average Bonchev–Trinajstić information content (AvgIpc) is 2.67. The molecule has 0 spiro atoms. The topological polar surface area (TPSA) is 79.6 Å². The van der Waals surface area contributed by atoms with E-state index in [1.165, 1.54) is 17.8 Å². The minimum atomic E-state index is -0.495. The van der Waals surface area contributed by atoms with E-state index in [-0.39, 0.29) is 17.2 Å². The van der Waals surface area contributed by atoms with Crippen molar-refractivity contribution in [1.29, 1.82) is 0 Å². The molecule has 130 valence electrons. The second-order valence-electron chi connectivity index (χ2n) is 5.62. The third-order valence-electron chi connectivity index (χ3n) is 4.23. The van der Waals surface area contributed by atoms with Crippen LogP contribution in [-0.4, -0.2) is 53.1 Å². The summed E-state index contributed by atoms with van der Waals surface area (Å²) in [7, 11) is 0. The third kappa shape index (κ3) is 3.74. The van der Waals surface area contributed by atoms with Gasteiger partial charge in [0.1, 0.15) is 5.56 Å². The smallest absolute Gasteiger partial charge is 0.282 e. The minimum Gasteiger partial charge on any atom is -0.368 e. The van der Waals surface area contributed by atoms with Crippen LogP contribution in [0.25, 0.3) is 0 Å². The lowest BCUT2D eigenvalue weighted by atomic mass is 10.1. The van der Waals surface area contributed by atoms with Gasteiger partial charge in [0.2, 0.25) is 0 Å². The highest BCUT2D eigenvalue weighted by atomic mass is 32.2. The largest absolute Gasteiger partial charge is 0.368 e. The number of amides is 1.